The Morgan fingerprint density at radius 2 is 2.15 bits per heavy atom. The topological polar surface area (TPSA) is 33.1 Å². The van der Waals surface area contributed by atoms with Gasteiger partial charge in [-0.2, -0.15) is 0 Å². The van der Waals surface area contributed by atoms with Crippen molar-refractivity contribution < 1.29 is 13.9 Å². The number of hydrogen-bond acceptors (Lipinski definition) is 2. The van der Waals surface area contributed by atoms with Gasteiger partial charge in [-0.3, -0.25) is 4.98 Å². The fourth-order valence-electron chi connectivity index (χ4n) is 0.898. The molecule has 1 aromatic heterocycles. The van der Waals surface area contributed by atoms with E-state index in [9.17, 15) is 8.78 Å². The predicted molar refractivity (Wildman–Crippen MR) is 47.7 cm³/mol. The molecule has 0 saturated carbocycles. The number of pyridine rings is 1. The van der Waals surface area contributed by atoms with E-state index in [0.717, 1.165) is 0 Å². The van der Waals surface area contributed by atoms with Crippen LogP contribution in [0.15, 0.2) is 22.9 Å². The standard InChI is InChI=1S/C8H8BrF2NO/c9-6-1-5(3-12-4-6)2-7(13)8(10)11/h1,3-4,7-8,13H,2H2. The van der Waals surface area contributed by atoms with Crippen LogP contribution in [0.1, 0.15) is 5.56 Å². The molecule has 1 atom stereocenters. The van der Waals surface area contributed by atoms with E-state index in [1.54, 1.807) is 12.3 Å². The molecule has 0 amide bonds. The molecular weight excluding hydrogens is 244 g/mol. The van der Waals surface area contributed by atoms with E-state index in [4.69, 9.17) is 5.11 Å². The Kier molecular flexibility index (Phi) is 3.74. The first kappa shape index (κ1) is 10.5. The van der Waals surface area contributed by atoms with E-state index < -0.39 is 12.5 Å². The van der Waals surface area contributed by atoms with Crippen LogP contribution >= 0.6 is 15.9 Å². The third-order valence-electron chi connectivity index (χ3n) is 1.50. The van der Waals surface area contributed by atoms with Crippen LogP contribution in [0.25, 0.3) is 0 Å². The van der Waals surface area contributed by atoms with E-state index in [1.165, 1.54) is 6.20 Å². The molecule has 0 aliphatic heterocycles. The van der Waals surface area contributed by atoms with Crippen LogP contribution in [0.2, 0.25) is 0 Å². The fraction of sp³-hybridized carbons (Fsp3) is 0.375. The molecule has 1 unspecified atom stereocenters. The highest BCUT2D eigenvalue weighted by Crippen LogP contribution is 2.13. The summed E-state index contributed by atoms with van der Waals surface area (Å²) in [5.74, 6) is 0. The number of rotatable bonds is 3. The number of nitrogens with zero attached hydrogens (tertiary/aromatic N) is 1. The minimum atomic E-state index is -2.71. The highest BCUT2D eigenvalue weighted by atomic mass is 79.9. The summed E-state index contributed by atoms with van der Waals surface area (Å²) in [5, 5.41) is 8.88. The maximum Gasteiger partial charge on any atom is 0.264 e. The number of alkyl halides is 2. The highest BCUT2D eigenvalue weighted by molar-refractivity contribution is 9.10. The van der Waals surface area contributed by atoms with Crippen LogP contribution < -0.4 is 0 Å². The Hall–Kier alpha value is -0.550. The van der Waals surface area contributed by atoms with Crippen molar-refractivity contribution in [1.82, 2.24) is 4.98 Å². The van der Waals surface area contributed by atoms with Gasteiger partial charge < -0.3 is 5.11 Å². The Morgan fingerprint density at radius 3 is 2.69 bits per heavy atom. The van der Waals surface area contributed by atoms with Gasteiger partial charge in [-0.15, -0.1) is 0 Å². The molecular formula is C8H8BrF2NO. The molecule has 13 heavy (non-hydrogen) atoms. The first-order valence-corrected chi connectivity index (χ1v) is 4.44. The van der Waals surface area contributed by atoms with Gasteiger partial charge in [-0.25, -0.2) is 8.78 Å². The lowest BCUT2D eigenvalue weighted by Crippen LogP contribution is -2.20. The molecule has 0 radical (unpaired) electrons. The van der Waals surface area contributed by atoms with Crippen molar-refractivity contribution >= 4 is 15.9 Å². The van der Waals surface area contributed by atoms with E-state index in [2.05, 4.69) is 20.9 Å². The number of aliphatic hydroxyl groups excluding tert-OH is 1. The molecule has 0 bridgehead atoms. The smallest absolute Gasteiger partial charge is 0.264 e. The van der Waals surface area contributed by atoms with E-state index >= 15 is 0 Å². The Morgan fingerprint density at radius 1 is 1.46 bits per heavy atom. The average Bonchev–Trinajstić information content (AvgIpc) is 2.04. The fourth-order valence-corrected chi connectivity index (χ4v) is 1.31. The van der Waals surface area contributed by atoms with Gasteiger partial charge in [0.25, 0.3) is 6.43 Å². The molecule has 72 valence electrons. The van der Waals surface area contributed by atoms with Crippen LogP contribution in [0, 0.1) is 0 Å². The lowest BCUT2D eigenvalue weighted by Gasteiger charge is -2.08. The second-order valence-corrected chi connectivity index (χ2v) is 3.53. The van der Waals surface area contributed by atoms with Gasteiger partial charge in [0.1, 0.15) is 6.10 Å². The summed E-state index contributed by atoms with van der Waals surface area (Å²) in [5.41, 5.74) is 0.585. The third-order valence-corrected chi connectivity index (χ3v) is 1.93. The minimum absolute atomic E-state index is 0.0793. The monoisotopic (exact) mass is 251 g/mol. The predicted octanol–water partition coefficient (Wildman–Crippen LogP) is 2.01. The lowest BCUT2D eigenvalue weighted by molar-refractivity contribution is -0.00370. The zero-order valence-corrected chi connectivity index (χ0v) is 8.21. The number of aliphatic hydroxyl groups is 1. The van der Waals surface area contributed by atoms with Crippen molar-refractivity contribution in [2.24, 2.45) is 0 Å². The zero-order valence-electron chi connectivity index (χ0n) is 6.62. The second kappa shape index (κ2) is 4.62. The number of halogens is 3. The van der Waals surface area contributed by atoms with Crippen molar-refractivity contribution in [3.63, 3.8) is 0 Å². The summed E-state index contributed by atoms with van der Waals surface area (Å²) in [6.07, 6.45) is -1.39. The van der Waals surface area contributed by atoms with Gasteiger partial charge >= 0.3 is 0 Å². The second-order valence-electron chi connectivity index (χ2n) is 2.62. The molecule has 0 aliphatic rings. The van der Waals surface area contributed by atoms with Gasteiger partial charge in [-0.1, -0.05) is 0 Å². The van der Waals surface area contributed by atoms with Crippen LogP contribution in [-0.4, -0.2) is 22.6 Å². The molecule has 0 aromatic carbocycles. The quantitative estimate of drug-likeness (QED) is 0.892. The molecule has 0 aliphatic carbocycles. The van der Waals surface area contributed by atoms with Crippen molar-refractivity contribution in [1.29, 1.82) is 0 Å². The Bertz CT molecular complexity index is 283. The lowest BCUT2D eigenvalue weighted by atomic mass is 10.1. The summed E-state index contributed by atoms with van der Waals surface area (Å²) < 4.78 is 24.6. The third kappa shape index (κ3) is 3.36. The maximum atomic E-state index is 11.9. The van der Waals surface area contributed by atoms with Gasteiger partial charge in [0.15, 0.2) is 0 Å². The molecule has 1 heterocycles. The highest BCUT2D eigenvalue weighted by Gasteiger charge is 2.17. The first-order valence-electron chi connectivity index (χ1n) is 3.65. The van der Waals surface area contributed by atoms with Crippen molar-refractivity contribution in [3.05, 3.63) is 28.5 Å². The largest absolute Gasteiger partial charge is 0.387 e. The van der Waals surface area contributed by atoms with Gasteiger partial charge in [0, 0.05) is 23.3 Å². The molecule has 1 rings (SSSR count). The van der Waals surface area contributed by atoms with E-state index in [1.807, 2.05) is 0 Å². The van der Waals surface area contributed by atoms with Crippen LogP contribution in [-0.2, 0) is 6.42 Å². The normalized spacial score (nSPS) is 13.3. The van der Waals surface area contributed by atoms with Crippen LogP contribution in [0.5, 0.6) is 0 Å². The SMILES string of the molecule is OC(Cc1cncc(Br)c1)C(F)F. The van der Waals surface area contributed by atoms with Crippen molar-refractivity contribution in [2.75, 3.05) is 0 Å². The van der Waals surface area contributed by atoms with Crippen molar-refractivity contribution in [3.8, 4) is 0 Å². The van der Waals surface area contributed by atoms with Gasteiger partial charge in [0.2, 0.25) is 0 Å². The molecule has 5 heteroatoms. The zero-order chi connectivity index (χ0) is 9.84. The van der Waals surface area contributed by atoms with Crippen LogP contribution in [0.4, 0.5) is 8.78 Å². The minimum Gasteiger partial charge on any atom is -0.387 e. The molecule has 1 N–H and O–H groups in total. The van der Waals surface area contributed by atoms with Crippen LogP contribution in [0.3, 0.4) is 0 Å². The molecule has 0 fully saturated rings. The van der Waals surface area contributed by atoms with E-state index in [0.29, 0.717) is 10.0 Å². The summed E-state index contributed by atoms with van der Waals surface area (Å²) in [4.78, 5) is 3.79. The Balaban J connectivity index is 2.64. The maximum absolute atomic E-state index is 11.9. The summed E-state index contributed by atoms with van der Waals surface area (Å²) in [6, 6.07) is 1.65. The first-order chi connectivity index (χ1) is 6.09. The summed E-state index contributed by atoms with van der Waals surface area (Å²) >= 11 is 3.16. The van der Waals surface area contributed by atoms with Gasteiger partial charge in [0.05, 0.1) is 0 Å². The average molecular weight is 252 g/mol. The number of aromatic nitrogens is 1. The number of hydrogen-bond donors (Lipinski definition) is 1. The molecule has 0 spiro atoms. The Labute approximate surface area is 82.7 Å². The van der Waals surface area contributed by atoms with Crippen molar-refractivity contribution in [2.45, 2.75) is 19.0 Å². The molecule has 1 aromatic rings. The summed E-state index contributed by atoms with van der Waals surface area (Å²) in [7, 11) is 0. The molecule has 0 saturated heterocycles. The van der Waals surface area contributed by atoms with Gasteiger partial charge in [-0.05, 0) is 27.6 Å². The molecule has 2 nitrogen and oxygen atoms in total. The van der Waals surface area contributed by atoms with E-state index in [-0.39, 0.29) is 6.42 Å². The summed E-state index contributed by atoms with van der Waals surface area (Å²) in [6.45, 7) is 0.